The van der Waals surface area contributed by atoms with Crippen molar-refractivity contribution in [1.82, 2.24) is 0 Å². The molecule has 0 saturated heterocycles. The highest BCUT2D eigenvalue weighted by Crippen LogP contribution is 2.65. The molecule has 0 aliphatic heterocycles. The van der Waals surface area contributed by atoms with Crippen LogP contribution in [0.2, 0.25) is 0 Å². The number of hydrogen-bond donors (Lipinski definition) is 0. The van der Waals surface area contributed by atoms with Crippen molar-refractivity contribution in [3.05, 3.63) is 204 Å². The van der Waals surface area contributed by atoms with Crippen molar-refractivity contribution in [3.63, 3.8) is 0 Å². The van der Waals surface area contributed by atoms with Gasteiger partial charge in [-0.05, 0) is 105 Å². The van der Waals surface area contributed by atoms with E-state index in [2.05, 4.69) is 181 Å². The van der Waals surface area contributed by atoms with Gasteiger partial charge in [0.15, 0.2) is 0 Å². The maximum absolute atomic E-state index is 2.40. The summed E-state index contributed by atoms with van der Waals surface area (Å²) in [4.78, 5) is 1.40. The Morgan fingerprint density at radius 2 is 0.800 bits per heavy atom. The topological polar surface area (TPSA) is 0 Å². The van der Waals surface area contributed by atoms with Crippen LogP contribution < -0.4 is 0 Å². The molecular formula is C49H30S. The second-order valence-electron chi connectivity index (χ2n) is 13.5. The highest BCUT2D eigenvalue weighted by Gasteiger charge is 2.52. The maximum atomic E-state index is 2.40. The van der Waals surface area contributed by atoms with E-state index < -0.39 is 0 Å². The summed E-state index contributed by atoms with van der Waals surface area (Å²) < 4.78 is 0. The molecule has 0 amide bonds. The molecule has 50 heavy (non-hydrogen) atoms. The molecule has 1 atom stereocenters. The number of benzene rings is 8. The van der Waals surface area contributed by atoms with Crippen molar-refractivity contribution >= 4 is 32.9 Å². The third kappa shape index (κ3) is 3.60. The van der Waals surface area contributed by atoms with Crippen LogP contribution in [0.5, 0.6) is 0 Å². The van der Waals surface area contributed by atoms with Gasteiger partial charge in [0.25, 0.3) is 0 Å². The van der Waals surface area contributed by atoms with Crippen LogP contribution in [0.4, 0.5) is 0 Å². The van der Waals surface area contributed by atoms with E-state index >= 15 is 0 Å². The molecule has 9 aromatic rings. The Kier molecular flexibility index (Phi) is 5.85. The predicted octanol–water partition coefficient (Wildman–Crippen LogP) is 13.4. The first-order chi connectivity index (χ1) is 24.8. The summed E-state index contributed by atoms with van der Waals surface area (Å²) in [5.74, 6) is 0. The molecule has 8 aromatic carbocycles. The molecule has 1 spiro atoms. The van der Waals surface area contributed by atoms with Gasteiger partial charge in [0.1, 0.15) is 0 Å². The minimum absolute atomic E-state index is 0.333. The van der Waals surface area contributed by atoms with E-state index in [0.29, 0.717) is 0 Å². The number of fused-ring (bicyclic) bond motifs is 12. The minimum Gasteiger partial charge on any atom is -0.143 e. The number of hydrogen-bond acceptors (Lipinski definition) is 1. The molecule has 0 saturated carbocycles. The summed E-state index contributed by atoms with van der Waals surface area (Å²) in [6.45, 7) is 0. The summed E-state index contributed by atoms with van der Waals surface area (Å²) in [7, 11) is 0. The van der Waals surface area contributed by atoms with Crippen LogP contribution in [-0.2, 0) is 5.41 Å². The molecule has 1 heteroatoms. The van der Waals surface area contributed by atoms with Gasteiger partial charge >= 0.3 is 0 Å². The molecular weight excluding hydrogens is 621 g/mol. The van der Waals surface area contributed by atoms with Crippen molar-refractivity contribution in [2.45, 2.75) is 5.41 Å². The van der Waals surface area contributed by atoms with Crippen molar-refractivity contribution in [1.29, 1.82) is 0 Å². The highest BCUT2D eigenvalue weighted by molar-refractivity contribution is 7.14. The fourth-order valence-electron chi connectivity index (χ4n) is 9.27. The Bertz CT molecular complexity index is 2740. The normalized spacial score (nSPS) is 15.3. The van der Waals surface area contributed by atoms with E-state index in [-0.39, 0.29) is 5.41 Å². The fraction of sp³-hybridized carbons (Fsp3) is 0.0204. The Labute approximate surface area is 295 Å². The lowest BCUT2D eigenvalue weighted by Crippen LogP contribution is -2.25. The summed E-state index contributed by atoms with van der Waals surface area (Å²) in [5.41, 5.74) is 16.9. The van der Waals surface area contributed by atoms with Crippen molar-refractivity contribution in [2.24, 2.45) is 0 Å². The third-order valence-corrected chi connectivity index (χ3v) is 12.1. The maximum Gasteiger partial charge on any atom is 0.0734 e. The SMILES string of the molecule is c1ccc(-c2ccc(-c3c4ccccc4c(-c4cccc5c4-c4ccccc4C54c5ccccc5-c5sccc54)c4ccccc34)cc2)cc1. The average Bonchev–Trinajstić information content (AvgIpc) is 3.87. The van der Waals surface area contributed by atoms with Crippen LogP contribution in [0.3, 0.4) is 0 Å². The largest absolute Gasteiger partial charge is 0.143 e. The molecule has 0 bridgehead atoms. The van der Waals surface area contributed by atoms with Crippen LogP contribution in [0.15, 0.2) is 181 Å². The molecule has 0 nitrogen and oxygen atoms in total. The zero-order chi connectivity index (χ0) is 32.8. The molecule has 2 aliphatic rings. The summed E-state index contributed by atoms with van der Waals surface area (Å²) in [6, 6.07) is 65.5. The lowest BCUT2D eigenvalue weighted by Gasteiger charge is -2.30. The second kappa shape index (κ2) is 10.5. The Balaban J connectivity index is 1.22. The van der Waals surface area contributed by atoms with Gasteiger partial charge in [-0.1, -0.05) is 170 Å². The zero-order valence-electron chi connectivity index (χ0n) is 27.2. The summed E-state index contributed by atoms with van der Waals surface area (Å²) >= 11 is 1.87. The van der Waals surface area contributed by atoms with Gasteiger partial charge in [-0.15, -0.1) is 11.3 Å². The molecule has 1 unspecified atom stereocenters. The number of rotatable bonds is 3. The van der Waals surface area contributed by atoms with Crippen LogP contribution >= 0.6 is 11.3 Å². The van der Waals surface area contributed by atoms with E-state index in [9.17, 15) is 0 Å². The van der Waals surface area contributed by atoms with E-state index in [1.165, 1.54) is 98.7 Å². The van der Waals surface area contributed by atoms with Crippen molar-refractivity contribution < 1.29 is 0 Å². The van der Waals surface area contributed by atoms with Gasteiger partial charge in [0, 0.05) is 4.88 Å². The lowest BCUT2D eigenvalue weighted by molar-refractivity contribution is 0.796. The van der Waals surface area contributed by atoms with Crippen molar-refractivity contribution in [3.8, 4) is 54.9 Å². The van der Waals surface area contributed by atoms with Gasteiger partial charge in [0.2, 0.25) is 0 Å². The molecule has 0 N–H and O–H groups in total. The average molecular weight is 651 g/mol. The molecule has 1 aromatic heterocycles. The van der Waals surface area contributed by atoms with Crippen molar-refractivity contribution in [2.75, 3.05) is 0 Å². The highest BCUT2D eigenvalue weighted by atomic mass is 32.1. The van der Waals surface area contributed by atoms with E-state index in [1.54, 1.807) is 0 Å². The predicted molar refractivity (Wildman–Crippen MR) is 212 cm³/mol. The lowest BCUT2D eigenvalue weighted by atomic mass is 9.71. The molecule has 0 radical (unpaired) electrons. The quantitative estimate of drug-likeness (QED) is 0.167. The fourth-order valence-corrected chi connectivity index (χ4v) is 10.3. The third-order valence-electron chi connectivity index (χ3n) is 11.2. The minimum atomic E-state index is -0.333. The Morgan fingerprint density at radius 3 is 1.50 bits per heavy atom. The van der Waals surface area contributed by atoms with Crippen LogP contribution in [-0.4, -0.2) is 0 Å². The van der Waals surface area contributed by atoms with E-state index in [1.807, 2.05) is 11.3 Å². The van der Waals surface area contributed by atoms with Gasteiger partial charge in [0.05, 0.1) is 5.41 Å². The van der Waals surface area contributed by atoms with Crippen LogP contribution in [0.25, 0.3) is 76.5 Å². The smallest absolute Gasteiger partial charge is 0.0734 e. The number of thiophene rings is 1. The van der Waals surface area contributed by atoms with Gasteiger partial charge in [-0.2, -0.15) is 0 Å². The van der Waals surface area contributed by atoms with E-state index in [0.717, 1.165) is 0 Å². The van der Waals surface area contributed by atoms with Gasteiger partial charge in [-0.3, -0.25) is 0 Å². The Morgan fingerprint density at radius 1 is 0.300 bits per heavy atom. The summed E-state index contributed by atoms with van der Waals surface area (Å²) in [5, 5.41) is 7.39. The Hall–Kier alpha value is -6.02. The molecule has 0 fully saturated rings. The molecule has 232 valence electrons. The first kappa shape index (κ1) is 27.9. The molecule has 1 heterocycles. The van der Waals surface area contributed by atoms with E-state index in [4.69, 9.17) is 0 Å². The van der Waals surface area contributed by atoms with Crippen LogP contribution in [0.1, 0.15) is 22.3 Å². The monoisotopic (exact) mass is 650 g/mol. The first-order valence-corrected chi connectivity index (χ1v) is 18.2. The standard InChI is InChI=1S/C49H30S/c1-2-13-31(14-3-1)32-25-27-33(28-26-32)45-34-15-4-6-17-36(34)46(37-18-7-5-16-35(37)45)40-21-12-24-43-47(40)38-19-8-10-22-41(38)49(43)42-23-11-9-20-39(42)48-44(49)29-30-50-48/h1-30H. The zero-order valence-corrected chi connectivity index (χ0v) is 28.0. The van der Waals surface area contributed by atoms with Gasteiger partial charge < -0.3 is 0 Å². The van der Waals surface area contributed by atoms with Gasteiger partial charge in [-0.25, -0.2) is 0 Å². The molecule has 11 rings (SSSR count). The first-order valence-electron chi connectivity index (χ1n) is 17.3. The molecule has 2 aliphatic carbocycles. The second-order valence-corrected chi connectivity index (χ2v) is 14.4. The summed E-state index contributed by atoms with van der Waals surface area (Å²) in [6.07, 6.45) is 0. The van der Waals surface area contributed by atoms with Crippen LogP contribution in [0, 0.1) is 0 Å².